The number of amides is 1. The van der Waals surface area contributed by atoms with Crippen LogP contribution >= 0.6 is 0 Å². The van der Waals surface area contributed by atoms with Gasteiger partial charge in [0.25, 0.3) is 0 Å². The van der Waals surface area contributed by atoms with Crippen molar-refractivity contribution in [3.63, 3.8) is 0 Å². The third-order valence-electron chi connectivity index (χ3n) is 4.56. The highest BCUT2D eigenvalue weighted by Crippen LogP contribution is 2.45. The van der Waals surface area contributed by atoms with Crippen molar-refractivity contribution in [1.29, 1.82) is 0 Å². The summed E-state index contributed by atoms with van der Waals surface area (Å²) < 4.78 is 0. The predicted octanol–water partition coefficient (Wildman–Crippen LogP) is 3.07. The summed E-state index contributed by atoms with van der Waals surface area (Å²) >= 11 is 0. The van der Waals surface area contributed by atoms with Crippen LogP contribution in [0.15, 0.2) is 24.3 Å². The van der Waals surface area contributed by atoms with E-state index in [9.17, 15) is 4.79 Å². The molecule has 0 aromatic heterocycles. The quantitative estimate of drug-likeness (QED) is 0.796. The molecular weight excluding hydrogens is 222 g/mol. The van der Waals surface area contributed by atoms with Gasteiger partial charge in [-0.1, -0.05) is 24.3 Å². The molecule has 0 radical (unpaired) electrons. The number of aryl methyl sites for hydroxylation is 1. The molecule has 2 fully saturated rings. The fraction of sp³-hybridized carbons (Fsp3) is 0.562. The fourth-order valence-electron chi connectivity index (χ4n) is 3.31. The van der Waals surface area contributed by atoms with E-state index < -0.39 is 0 Å². The number of carbonyl (C=O) groups is 1. The summed E-state index contributed by atoms with van der Waals surface area (Å²) in [7, 11) is 0. The van der Waals surface area contributed by atoms with Crippen molar-refractivity contribution in [2.75, 3.05) is 0 Å². The van der Waals surface area contributed by atoms with Gasteiger partial charge in [0.05, 0.1) is 6.04 Å². The van der Waals surface area contributed by atoms with Gasteiger partial charge in [-0.3, -0.25) is 4.79 Å². The highest BCUT2D eigenvalue weighted by atomic mass is 16.2. The Kier molecular flexibility index (Phi) is 2.26. The highest BCUT2D eigenvalue weighted by molar-refractivity contribution is 5.82. The van der Waals surface area contributed by atoms with Crippen LogP contribution in [-0.2, 0) is 11.2 Å². The fourth-order valence-corrected chi connectivity index (χ4v) is 3.31. The topological polar surface area (TPSA) is 20.3 Å². The van der Waals surface area contributed by atoms with Crippen molar-refractivity contribution in [3.8, 4) is 0 Å². The van der Waals surface area contributed by atoms with E-state index in [4.69, 9.17) is 0 Å². The number of fused-ring (bicyclic) bond motifs is 1. The van der Waals surface area contributed by atoms with Crippen LogP contribution in [0.1, 0.15) is 49.3 Å². The molecule has 2 heteroatoms. The van der Waals surface area contributed by atoms with E-state index in [1.165, 1.54) is 24.0 Å². The molecule has 1 unspecified atom stereocenters. The maximum Gasteiger partial charge on any atom is 0.226 e. The van der Waals surface area contributed by atoms with Gasteiger partial charge in [0.15, 0.2) is 0 Å². The largest absolute Gasteiger partial charge is 0.332 e. The average molecular weight is 241 g/mol. The normalized spacial score (nSPS) is 25.9. The van der Waals surface area contributed by atoms with Gasteiger partial charge in [-0.2, -0.15) is 0 Å². The van der Waals surface area contributed by atoms with Crippen molar-refractivity contribution in [2.45, 2.75) is 50.6 Å². The molecule has 0 N–H and O–H groups in total. The van der Waals surface area contributed by atoms with Crippen LogP contribution in [-0.4, -0.2) is 16.8 Å². The first-order valence-electron chi connectivity index (χ1n) is 7.24. The van der Waals surface area contributed by atoms with Crippen LogP contribution in [0, 0.1) is 5.92 Å². The molecule has 0 spiro atoms. The first-order chi connectivity index (χ1) is 8.84. The molecule has 0 saturated heterocycles. The molecule has 1 aromatic carbocycles. The second-order valence-electron chi connectivity index (χ2n) is 6.00. The minimum atomic E-state index is 0.360. The molecule has 1 aromatic rings. The Morgan fingerprint density at radius 1 is 1.06 bits per heavy atom. The van der Waals surface area contributed by atoms with Gasteiger partial charge in [0.1, 0.15) is 0 Å². The smallest absolute Gasteiger partial charge is 0.226 e. The first-order valence-corrected chi connectivity index (χ1v) is 7.24. The Labute approximate surface area is 108 Å². The lowest BCUT2D eigenvalue weighted by atomic mass is 10.1. The van der Waals surface area contributed by atoms with Crippen molar-refractivity contribution in [2.24, 2.45) is 5.92 Å². The van der Waals surface area contributed by atoms with Crippen LogP contribution < -0.4 is 0 Å². The SMILES string of the molecule is O=C(C1CC1)N(C1CC1)C1CCc2ccccc21. The summed E-state index contributed by atoms with van der Waals surface area (Å²) in [6.45, 7) is 0. The van der Waals surface area contributed by atoms with Crippen molar-refractivity contribution in [1.82, 2.24) is 4.90 Å². The van der Waals surface area contributed by atoms with Crippen molar-refractivity contribution >= 4 is 5.91 Å². The predicted molar refractivity (Wildman–Crippen MR) is 70.1 cm³/mol. The second-order valence-corrected chi connectivity index (χ2v) is 6.00. The molecule has 1 atom stereocenters. The number of nitrogens with zero attached hydrogens (tertiary/aromatic N) is 1. The van der Waals surface area contributed by atoms with Gasteiger partial charge in [0, 0.05) is 12.0 Å². The molecule has 1 amide bonds. The lowest BCUT2D eigenvalue weighted by Gasteiger charge is -2.30. The van der Waals surface area contributed by atoms with E-state index in [0.29, 0.717) is 23.9 Å². The standard InChI is InChI=1S/C16H19NO/c18-16(12-5-6-12)17(13-8-9-13)15-10-7-11-3-1-2-4-14(11)15/h1-4,12-13,15H,5-10H2. The van der Waals surface area contributed by atoms with Gasteiger partial charge in [-0.25, -0.2) is 0 Å². The van der Waals surface area contributed by atoms with Gasteiger partial charge in [-0.15, -0.1) is 0 Å². The van der Waals surface area contributed by atoms with Crippen LogP contribution in [0.2, 0.25) is 0 Å². The van der Waals surface area contributed by atoms with E-state index >= 15 is 0 Å². The van der Waals surface area contributed by atoms with Crippen molar-refractivity contribution < 1.29 is 4.79 Å². The minimum absolute atomic E-state index is 0.360. The number of rotatable bonds is 3. The highest BCUT2D eigenvalue weighted by Gasteiger charge is 2.44. The first kappa shape index (κ1) is 10.6. The van der Waals surface area contributed by atoms with Crippen molar-refractivity contribution in [3.05, 3.63) is 35.4 Å². The number of carbonyl (C=O) groups excluding carboxylic acids is 1. The van der Waals surface area contributed by atoms with Gasteiger partial charge >= 0.3 is 0 Å². The maximum absolute atomic E-state index is 12.5. The molecule has 0 bridgehead atoms. The van der Waals surface area contributed by atoms with E-state index in [1.54, 1.807) is 0 Å². The summed E-state index contributed by atoms with van der Waals surface area (Å²) in [6, 6.07) is 9.61. The molecule has 0 heterocycles. The summed E-state index contributed by atoms with van der Waals surface area (Å²) in [4.78, 5) is 14.8. The van der Waals surface area contributed by atoms with Crippen LogP contribution in [0.5, 0.6) is 0 Å². The molecule has 4 rings (SSSR count). The third kappa shape index (κ3) is 1.66. The number of hydrogen-bond acceptors (Lipinski definition) is 1. The Bertz CT molecular complexity index is 488. The van der Waals surface area contributed by atoms with E-state index in [2.05, 4.69) is 29.2 Å². The van der Waals surface area contributed by atoms with Crippen LogP contribution in [0.25, 0.3) is 0 Å². The zero-order chi connectivity index (χ0) is 12.1. The molecule has 3 aliphatic rings. The average Bonchev–Trinajstić information content (AvgIpc) is 3.28. The molecule has 0 aliphatic heterocycles. The van der Waals surface area contributed by atoms with Gasteiger partial charge < -0.3 is 4.90 Å². The number of benzene rings is 1. The molecule has 2 saturated carbocycles. The minimum Gasteiger partial charge on any atom is -0.332 e. The van der Waals surface area contributed by atoms with Crippen LogP contribution in [0.4, 0.5) is 0 Å². The van der Waals surface area contributed by atoms with Crippen LogP contribution in [0.3, 0.4) is 0 Å². The summed E-state index contributed by atoms with van der Waals surface area (Å²) in [5, 5.41) is 0. The van der Waals surface area contributed by atoms with Gasteiger partial charge in [0.2, 0.25) is 5.91 Å². The molecule has 94 valence electrons. The van der Waals surface area contributed by atoms with E-state index in [1.807, 2.05) is 0 Å². The zero-order valence-electron chi connectivity index (χ0n) is 10.6. The zero-order valence-corrected chi connectivity index (χ0v) is 10.6. The summed E-state index contributed by atoms with van der Waals surface area (Å²) in [5.41, 5.74) is 2.87. The molecule has 2 nitrogen and oxygen atoms in total. The Morgan fingerprint density at radius 2 is 1.83 bits per heavy atom. The Hall–Kier alpha value is -1.31. The number of hydrogen-bond donors (Lipinski definition) is 0. The summed E-state index contributed by atoms with van der Waals surface area (Å²) in [6.07, 6.45) is 6.96. The lowest BCUT2D eigenvalue weighted by molar-refractivity contribution is -0.135. The Balaban J connectivity index is 1.66. The second kappa shape index (κ2) is 3.84. The molecule has 3 aliphatic carbocycles. The Morgan fingerprint density at radius 3 is 2.56 bits per heavy atom. The maximum atomic E-state index is 12.5. The van der Waals surface area contributed by atoms with Gasteiger partial charge in [-0.05, 0) is 49.7 Å². The third-order valence-corrected chi connectivity index (χ3v) is 4.56. The monoisotopic (exact) mass is 241 g/mol. The van der Waals surface area contributed by atoms with E-state index in [0.717, 1.165) is 25.7 Å². The lowest BCUT2D eigenvalue weighted by Crippen LogP contribution is -2.37. The van der Waals surface area contributed by atoms with E-state index in [-0.39, 0.29) is 0 Å². The molecule has 18 heavy (non-hydrogen) atoms. The molecular formula is C16H19NO. The summed E-state index contributed by atoms with van der Waals surface area (Å²) in [5.74, 6) is 0.803.